The van der Waals surface area contributed by atoms with Gasteiger partial charge >= 0.3 is 0 Å². The van der Waals surface area contributed by atoms with Crippen LogP contribution in [0.1, 0.15) is 46.0 Å². The minimum atomic E-state index is 0.708. The Morgan fingerprint density at radius 2 is 1.79 bits per heavy atom. The third-order valence-electron chi connectivity index (χ3n) is 4.85. The summed E-state index contributed by atoms with van der Waals surface area (Å²) in [4.78, 5) is 5.37. The Hall–Kier alpha value is -0.120. The summed E-state index contributed by atoms with van der Waals surface area (Å²) < 4.78 is 0. The molecular formula is C16H33N3. The molecule has 2 aliphatic rings. The Kier molecular flexibility index (Phi) is 6.62. The third-order valence-corrected chi connectivity index (χ3v) is 4.85. The van der Waals surface area contributed by atoms with Crippen LogP contribution in [0.25, 0.3) is 0 Å². The van der Waals surface area contributed by atoms with Gasteiger partial charge in [-0.1, -0.05) is 6.92 Å². The molecule has 19 heavy (non-hydrogen) atoms. The molecule has 0 saturated carbocycles. The lowest BCUT2D eigenvalue weighted by atomic mass is 9.95. The molecule has 1 atom stereocenters. The fourth-order valence-electron chi connectivity index (χ4n) is 3.52. The lowest BCUT2D eigenvalue weighted by molar-refractivity contribution is 0.121. The Morgan fingerprint density at radius 1 is 1.11 bits per heavy atom. The first kappa shape index (κ1) is 15.3. The molecule has 3 nitrogen and oxygen atoms in total. The van der Waals surface area contributed by atoms with Gasteiger partial charge in [0.25, 0.3) is 0 Å². The van der Waals surface area contributed by atoms with E-state index in [1.54, 1.807) is 0 Å². The second kappa shape index (κ2) is 8.23. The molecule has 2 aliphatic heterocycles. The highest BCUT2D eigenvalue weighted by atomic mass is 15.2. The van der Waals surface area contributed by atoms with Crippen LogP contribution in [0.3, 0.4) is 0 Å². The van der Waals surface area contributed by atoms with Crippen LogP contribution in [-0.2, 0) is 0 Å². The van der Waals surface area contributed by atoms with E-state index < -0.39 is 0 Å². The van der Waals surface area contributed by atoms with Gasteiger partial charge in [0.05, 0.1) is 0 Å². The Morgan fingerprint density at radius 3 is 2.42 bits per heavy atom. The van der Waals surface area contributed by atoms with Crippen molar-refractivity contribution in [2.24, 2.45) is 5.92 Å². The average molecular weight is 267 g/mol. The maximum Gasteiger partial charge on any atom is 0.0192 e. The van der Waals surface area contributed by atoms with Gasteiger partial charge in [-0.3, -0.25) is 4.90 Å². The molecule has 3 heteroatoms. The quantitative estimate of drug-likeness (QED) is 0.713. The highest BCUT2D eigenvalue weighted by Gasteiger charge is 2.24. The van der Waals surface area contributed by atoms with Crippen LogP contribution < -0.4 is 5.32 Å². The first-order valence-corrected chi connectivity index (χ1v) is 8.46. The van der Waals surface area contributed by atoms with E-state index in [0.717, 1.165) is 19.0 Å². The van der Waals surface area contributed by atoms with E-state index in [1.165, 1.54) is 64.8 Å². The van der Waals surface area contributed by atoms with E-state index in [0.29, 0.717) is 6.04 Å². The van der Waals surface area contributed by atoms with Crippen molar-refractivity contribution in [3.05, 3.63) is 0 Å². The lowest BCUT2D eigenvalue weighted by Gasteiger charge is -2.37. The average Bonchev–Trinajstić information content (AvgIpc) is 2.93. The summed E-state index contributed by atoms with van der Waals surface area (Å²) in [6, 6.07) is 0.708. The fraction of sp³-hybridized carbons (Fsp3) is 1.00. The van der Waals surface area contributed by atoms with E-state index in [2.05, 4.69) is 29.0 Å². The number of rotatable bonds is 7. The molecule has 2 fully saturated rings. The zero-order chi connectivity index (χ0) is 13.5. The molecule has 2 heterocycles. The minimum absolute atomic E-state index is 0.708. The molecule has 0 amide bonds. The molecule has 0 aromatic carbocycles. The van der Waals surface area contributed by atoms with Crippen molar-refractivity contribution in [2.45, 2.75) is 52.0 Å². The van der Waals surface area contributed by atoms with Gasteiger partial charge in [0.1, 0.15) is 0 Å². The molecule has 1 N–H and O–H groups in total. The molecule has 112 valence electrons. The number of nitrogens with zero attached hydrogens (tertiary/aromatic N) is 2. The van der Waals surface area contributed by atoms with Gasteiger partial charge in [-0.15, -0.1) is 0 Å². The molecule has 0 spiro atoms. The number of hydrogen-bond acceptors (Lipinski definition) is 3. The molecule has 0 radical (unpaired) electrons. The van der Waals surface area contributed by atoms with Crippen molar-refractivity contribution in [3.63, 3.8) is 0 Å². The molecule has 0 aromatic rings. The van der Waals surface area contributed by atoms with E-state index in [4.69, 9.17) is 0 Å². The van der Waals surface area contributed by atoms with Crippen molar-refractivity contribution < 1.29 is 0 Å². The number of hydrogen-bond donors (Lipinski definition) is 1. The molecular weight excluding hydrogens is 234 g/mol. The SMILES string of the molecule is CCCNCC(C)N1CCC(CN2CCCC2)CC1. The first-order chi connectivity index (χ1) is 9.29. The second-order valence-electron chi connectivity index (χ2n) is 6.54. The summed E-state index contributed by atoms with van der Waals surface area (Å²) >= 11 is 0. The smallest absolute Gasteiger partial charge is 0.0192 e. The van der Waals surface area contributed by atoms with Crippen LogP contribution in [0.5, 0.6) is 0 Å². The standard InChI is InChI=1S/C16H33N3/c1-3-8-17-13-15(2)19-11-6-16(7-12-19)14-18-9-4-5-10-18/h15-17H,3-14H2,1-2H3. The Balaban J connectivity index is 1.61. The summed E-state index contributed by atoms with van der Waals surface area (Å²) in [6.07, 6.45) is 6.92. The molecule has 0 aliphatic carbocycles. The maximum atomic E-state index is 3.55. The van der Waals surface area contributed by atoms with Crippen LogP contribution in [0, 0.1) is 5.92 Å². The van der Waals surface area contributed by atoms with Crippen LogP contribution in [0.2, 0.25) is 0 Å². The Labute approximate surface area is 119 Å². The maximum absolute atomic E-state index is 3.55. The van der Waals surface area contributed by atoms with E-state index in [9.17, 15) is 0 Å². The number of nitrogens with one attached hydrogen (secondary N) is 1. The first-order valence-electron chi connectivity index (χ1n) is 8.46. The van der Waals surface area contributed by atoms with Gasteiger partial charge in [0.15, 0.2) is 0 Å². The topological polar surface area (TPSA) is 18.5 Å². The molecule has 0 bridgehead atoms. The molecule has 2 saturated heterocycles. The summed E-state index contributed by atoms with van der Waals surface area (Å²) in [5.74, 6) is 0.963. The van der Waals surface area contributed by atoms with Crippen molar-refractivity contribution in [2.75, 3.05) is 45.8 Å². The molecule has 1 unspecified atom stereocenters. The van der Waals surface area contributed by atoms with Gasteiger partial charge in [-0.25, -0.2) is 0 Å². The lowest BCUT2D eigenvalue weighted by Crippen LogP contribution is -2.46. The van der Waals surface area contributed by atoms with Gasteiger partial charge in [-0.2, -0.15) is 0 Å². The third kappa shape index (κ3) is 5.05. The zero-order valence-electron chi connectivity index (χ0n) is 13.0. The van der Waals surface area contributed by atoms with Crippen LogP contribution >= 0.6 is 0 Å². The van der Waals surface area contributed by atoms with E-state index in [-0.39, 0.29) is 0 Å². The second-order valence-corrected chi connectivity index (χ2v) is 6.54. The van der Waals surface area contributed by atoms with E-state index >= 15 is 0 Å². The van der Waals surface area contributed by atoms with E-state index in [1.807, 2.05) is 0 Å². The van der Waals surface area contributed by atoms with Crippen LogP contribution in [-0.4, -0.2) is 61.7 Å². The van der Waals surface area contributed by atoms with Gasteiger partial charge in [0, 0.05) is 19.1 Å². The van der Waals surface area contributed by atoms with Crippen molar-refractivity contribution in [3.8, 4) is 0 Å². The van der Waals surface area contributed by atoms with Crippen molar-refractivity contribution >= 4 is 0 Å². The fourth-order valence-corrected chi connectivity index (χ4v) is 3.52. The molecule has 0 aromatic heterocycles. The monoisotopic (exact) mass is 267 g/mol. The number of likely N-dealkylation sites (tertiary alicyclic amines) is 2. The highest BCUT2D eigenvalue weighted by Crippen LogP contribution is 2.21. The predicted octanol–water partition coefficient (Wildman–Crippen LogP) is 2.18. The largest absolute Gasteiger partial charge is 0.315 e. The summed E-state index contributed by atoms with van der Waals surface area (Å²) in [6.45, 7) is 13.7. The van der Waals surface area contributed by atoms with Crippen LogP contribution in [0.4, 0.5) is 0 Å². The van der Waals surface area contributed by atoms with Gasteiger partial charge in [0.2, 0.25) is 0 Å². The molecule has 2 rings (SSSR count). The van der Waals surface area contributed by atoms with Gasteiger partial charge < -0.3 is 10.2 Å². The normalized spacial score (nSPS) is 24.9. The summed E-state index contributed by atoms with van der Waals surface area (Å²) in [5.41, 5.74) is 0. The summed E-state index contributed by atoms with van der Waals surface area (Å²) in [5, 5.41) is 3.55. The zero-order valence-corrected chi connectivity index (χ0v) is 13.0. The number of piperidine rings is 1. The van der Waals surface area contributed by atoms with Gasteiger partial charge in [-0.05, 0) is 77.7 Å². The van der Waals surface area contributed by atoms with Crippen molar-refractivity contribution in [1.29, 1.82) is 0 Å². The Bertz CT molecular complexity index is 230. The van der Waals surface area contributed by atoms with Crippen molar-refractivity contribution in [1.82, 2.24) is 15.1 Å². The highest BCUT2D eigenvalue weighted by molar-refractivity contribution is 4.80. The van der Waals surface area contributed by atoms with Crippen LogP contribution in [0.15, 0.2) is 0 Å². The summed E-state index contributed by atoms with van der Waals surface area (Å²) in [7, 11) is 0. The predicted molar refractivity (Wildman–Crippen MR) is 82.6 cm³/mol. The minimum Gasteiger partial charge on any atom is -0.315 e.